The van der Waals surface area contributed by atoms with E-state index in [4.69, 9.17) is 0 Å². The predicted molar refractivity (Wildman–Crippen MR) is 68.6 cm³/mol. The van der Waals surface area contributed by atoms with Crippen LogP contribution in [0.2, 0.25) is 0 Å². The Kier molecular flexibility index (Phi) is 2.44. The van der Waals surface area contributed by atoms with E-state index >= 15 is 0 Å². The Morgan fingerprint density at radius 2 is 1.88 bits per heavy atom. The fraction of sp³-hybridized carbons (Fsp3) is 0.500. The lowest BCUT2D eigenvalue weighted by Crippen LogP contribution is -2.67. The van der Waals surface area contributed by atoms with Gasteiger partial charge in [-0.2, -0.15) is 0 Å². The number of anilines is 1. The van der Waals surface area contributed by atoms with E-state index in [2.05, 4.69) is 22.9 Å². The largest absolute Gasteiger partial charge is 0.368 e. The van der Waals surface area contributed by atoms with Crippen molar-refractivity contribution in [3.8, 4) is 0 Å². The fourth-order valence-electron chi connectivity index (χ4n) is 3.04. The summed E-state index contributed by atoms with van der Waals surface area (Å²) in [5, 5.41) is 0. The molecule has 0 radical (unpaired) electrons. The number of piperazine rings is 1. The van der Waals surface area contributed by atoms with Crippen molar-refractivity contribution in [1.82, 2.24) is 4.90 Å². The van der Waals surface area contributed by atoms with Crippen molar-refractivity contribution in [1.29, 1.82) is 0 Å². The molecule has 3 nitrogen and oxygen atoms in total. The topological polar surface area (TPSA) is 23.6 Å². The molecule has 0 N–H and O–H groups in total. The summed E-state index contributed by atoms with van der Waals surface area (Å²) in [6.07, 6.45) is 1.31. The van der Waals surface area contributed by atoms with Crippen LogP contribution in [0.15, 0.2) is 24.3 Å². The molecule has 3 heterocycles. The van der Waals surface area contributed by atoms with Gasteiger partial charge in [-0.1, -0.05) is 12.1 Å². The number of benzene rings is 1. The fourth-order valence-corrected chi connectivity index (χ4v) is 3.04. The SMILES string of the molecule is CC(=O)c1ccccc1N1CC2CC(C1)N2C. The predicted octanol–water partition coefficient (Wildman–Crippen LogP) is 1.78. The van der Waals surface area contributed by atoms with Gasteiger partial charge in [-0.25, -0.2) is 0 Å². The van der Waals surface area contributed by atoms with Crippen LogP contribution < -0.4 is 4.90 Å². The summed E-state index contributed by atoms with van der Waals surface area (Å²) >= 11 is 0. The van der Waals surface area contributed by atoms with E-state index in [1.54, 1.807) is 6.92 Å². The number of ketones is 1. The van der Waals surface area contributed by atoms with E-state index in [0.717, 1.165) is 24.3 Å². The molecule has 1 aromatic rings. The number of carbonyl (C=O) groups excluding carboxylic acids is 1. The maximum Gasteiger partial charge on any atom is 0.161 e. The highest BCUT2D eigenvalue weighted by Crippen LogP contribution is 2.34. The normalized spacial score (nSPS) is 27.8. The van der Waals surface area contributed by atoms with Gasteiger partial charge in [0.25, 0.3) is 0 Å². The number of para-hydroxylation sites is 1. The Bertz CT molecular complexity index is 445. The van der Waals surface area contributed by atoms with Crippen molar-refractivity contribution in [2.45, 2.75) is 25.4 Å². The lowest BCUT2D eigenvalue weighted by Gasteiger charge is -2.55. The molecule has 0 aliphatic carbocycles. The van der Waals surface area contributed by atoms with Crippen molar-refractivity contribution in [3.05, 3.63) is 29.8 Å². The van der Waals surface area contributed by atoms with Gasteiger partial charge in [0.15, 0.2) is 5.78 Å². The third-order valence-electron chi connectivity index (χ3n) is 4.18. The second kappa shape index (κ2) is 3.84. The highest BCUT2D eigenvalue weighted by atomic mass is 16.1. The van der Waals surface area contributed by atoms with Gasteiger partial charge >= 0.3 is 0 Å². The van der Waals surface area contributed by atoms with Crippen LogP contribution in [0.25, 0.3) is 0 Å². The minimum Gasteiger partial charge on any atom is -0.368 e. The van der Waals surface area contributed by atoms with Crippen LogP contribution in [0.5, 0.6) is 0 Å². The molecule has 0 aromatic heterocycles. The number of fused-ring (bicyclic) bond motifs is 2. The molecule has 0 amide bonds. The van der Waals surface area contributed by atoms with E-state index in [0.29, 0.717) is 12.1 Å². The van der Waals surface area contributed by atoms with Gasteiger partial charge in [0.1, 0.15) is 0 Å². The standard InChI is InChI=1S/C14H18N2O/c1-10(17)13-5-3-4-6-14(13)16-8-11-7-12(9-16)15(11)2/h3-6,11-12H,7-9H2,1-2H3. The summed E-state index contributed by atoms with van der Waals surface area (Å²) < 4.78 is 0. The van der Waals surface area contributed by atoms with Crippen LogP contribution in [0, 0.1) is 0 Å². The average molecular weight is 230 g/mol. The van der Waals surface area contributed by atoms with Crippen molar-refractivity contribution >= 4 is 11.5 Å². The van der Waals surface area contributed by atoms with Crippen LogP contribution >= 0.6 is 0 Å². The number of carbonyl (C=O) groups is 1. The Balaban J connectivity index is 1.88. The zero-order chi connectivity index (χ0) is 12.0. The lowest BCUT2D eigenvalue weighted by atomic mass is 9.87. The lowest BCUT2D eigenvalue weighted by molar-refractivity contribution is 0.0263. The maximum atomic E-state index is 11.6. The number of Topliss-reactive ketones (excluding diaryl/α,β-unsaturated/α-hetero) is 1. The maximum absolute atomic E-state index is 11.6. The minimum atomic E-state index is 0.160. The monoisotopic (exact) mass is 230 g/mol. The Hall–Kier alpha value is -1.35. The van der Waals surface area contributed by atoms with E-state index in [-0.39, 0.29) is 5.78 Å². The molecule has 0 spiro atoms. The molecular weight excluding hydrogens is 212 g/mol. The molecule has 0 saturated carbocycles. The molecule has 2 unspecified atom stereocenters. The second-order valence-corrected chi connectivity index (χ2v) is 5.19. The number of hydrogen-bond donors (Lipinski definition) is 0. The quantitative estimate of drug-likeness (QED) is 0.724. The second-order valence-electron chi connectivity index (χ2n) is 5.19. The third-order valence-corrected chi connectivity index (χ3v) is 4.18. The van der Waals surface area contributed by atoms with Crippen molar-refractivity contribution in [2.75, 3.05) is 25.0 Å². The minimum absolute atomic E-state index is 0.160. The van der Waals surface area contributed by atoms with Gasteiger partial charge in [0.2, 0.25) is 0 Å². The number of rotatable bonds is 2. The molecule has 1 aromatic carbocycles. The first-order chi connectivity index (χ1) is 8.16. The molecule has 3 saturated heterocycles. The smallest absolute Gasteiger partial charge is 0.161 e. The van der Waals surface area contributed by atoms with Gasteiger partial charge in [0, 0.05) is 36.4 Å². The van der Waals surface area contributed by atoms with Crippen molar-refractivity contribution in [3.63, 3.8) is 0 Å². The van der Waals surface area contributed by atoms with E-state index in [1.807, 2.05) is 18.2 Å². The van der Waals surface area contributed by atoms with Crippen molar-refractivity contribution in [2.24, 2.45) is 0 Å². The molecule has 3 heteroatoms. The molecule has 3 aliphatic heterocycles. The van der Waals surface area contributed by atoms with Crippen LogP contribution in [0.3, 0.4) is 0 Å². The highest BCUT2D eigenvalue weighted by Gasteiger charge is 2.42. The van der Waals surface area contributed by atoms with Crippen LogP contribution in [-0.2, 0) is 0 Å². The Labute approximate surface area is 102 Å². The average Bonchev–Trinajstić information content (AvgIpc) is 2.38. The zero-order valence-electron chi connectivity index (χ0n) is 10.4. The first-order valence-electron chi connectivity index (χ1n) is 6.23. The molecule has 2 atom stereocenters. The van der Waals surface area contributed by atoms with Crippen LogP contribution in [0.1, 0.15) is 23.7 Å². The summed E-state index contributed by atoms with van der Waals surface area (Å²) in [5.41, 5.74) is 1.97. The number of likely N-dealkylation sites (N-methyl/N-ethyl adjacent to an activating group) is 1. The Morgan fingerprint density at radius 1 is 1.24 bits per heavy atom. The van der Waals surface area contributed by atoms with E-state index in [9.17, 15) is 4.79 Å². The molecule has 3 fully saturated rings. The number of piperidine rings is 1. The summed E-state index contributed by atoms with van der Waals surface area (Å²) in [7, 11) is 2.20. The van der Waals surface area contributed by atoms with Gasteiger partial charge in [-0.3, -0.25) is 9.69 Å². The van der Waals surface area contributed by atoms with Gasteiger partial charge in [-0.15, -0.1) is 0 Å². The van der Waals surface area contributed by atoms with Gasteiger partial charge in [-0.05, 0) is 32.5 Å². The van der Waals surface area contributed by atoms with Gasteiger partial charge < -0.3 is 4.90 Å². The van der Waals surface area contributed by atoms with Gasteiger partial charge in [0.05, 0.1) is 0 Å². The highest BCUT2D eigenvalue weighted by molar-refractivity contribution is 5.99. The van der Waals surface area contributed by atoms with Crippen molar-refractivity contribution < 1.29 is 4.79 Å². The van der Waals surface area contributed by atoms with E-state index < -0.39 is 0 Å². The first-order valence-corrected chi connectivity index (χ1v) is 6.23. The van der Waals surface area contributed by atoms with Crippen LogP contribution in [-0.4, -0.2) is 42.9 Å². The molecule has 3 aliphatic rings. The third kappa shape index (κ3) is 1.65. The van der Waals surface area contributed by atoms with Crippen LogP contribution in [0.4, 0.5) is 5.69 Å². The summed E-state index contributed by atoms with van der Waals surface area (Å²) in [5.74, 6) is 0.160. The summed E-state index contributed by atoms with van der Waals surface area (Å²) in [6, 6.07) is 9.31. The molecule has 4 rings (SSSR count). The summed E-state index contributed by atoms with van der Waals surface area (Å²) in [6.45, 7) is 3.75. The molecule has 17 heavy (non-hydrogen) atoms. The zero-order valence-corrected chi connectivity index (χ0v) is 10.4. The number of hydrogen-bond acceptors (Lipinski definition) is 3. The molecule has 2 bridgehead atoms. The Morgan fingerprint density at radius 3 is 2.47 bits per heavy atom. The first kappa shape index (κ1) is 10.8. The van der Waals surface area contributed by atoms with E-state index in [1.165, 1.54) is 6.42 Å². The molecule has 90 valence electrons. The molecular formula is C14H18N2O. The summed E-state index contributed by atoms with van der Waals surface area (Å²) in [4.78, 5) is 16.5. The number of nitrogens with zero attached hydrogens (tertiary/aromatic N) is 2.